The lowest BCUT2D eigenvalue weighted by molar-refractivity contribution is -0.140. The van der Waals surface area contributed by atoms with Gasteiger partial charge in [0.05, 0.1) is 17.6 Å². The SMILES string of the molecule is COC(=O)CNS(=O)(=O)c1ccc(N)cc1C(F)(F)F. The lowest BCUT2D eigenvalue weighted by Gasteiger charge is -2.14. The number of alkyl halides is 3. The summed E-state index contributed by atoms with van der Waals surface area (Å²) < 4.78 is 67.8. The smallest absolute Gasteiger partial charge is 0.417 e. The van der Waals surface area contributed by atoms with E-state index in [1.807, 2.05) is 0 Å². The molecule has 0 aliphatic carbocycles. The number of rotatable bonds is 4. The lowest BCUT2D eigenvalue weighted by Crippen LogP contribution is -2.31. The second-order valence-electron chi connectivity index (χ2n) is 3.65. The van der Waals surface area contributed by atoms with Crippen molar-refractivity contribution in [3.05, 3.63) is 23.8 Å². The summed E-state index contributed by atoms with van der Waals surface area (Å²) in [5, 5.41) is 0. The van der Waals surface area contributed by atoms with Gasteiger partial charge in [-0.25, -0.2) is 8.42 Å². The summed E-state index contributed by atoms with van der Waals surface area (Å²) in [5.74, 6) is -0.933. The van der Waals surface area contributed by atoms with Crippen LogP contribution in [0.5, 0.6) is 0 Å². The van der Waals surface area contributed by atoms with Crippen molar-refractivity contribution >= 4 is 21.7 Å². The number of nitrogen functional groups attached to an aromatic ring is 1. The number of nitrogens with one attached hydrogen (secondary N) is 1. The highest BCUT2D eigenvalue weighted by Crippen LogP contribution is 2.35. The van der Waals surface area contributed by atoms with Crippen LogP contribution in [0.2, 0.25) is 0 Å². The average molecular weight is 312 g/mol. The normalized spacial score (nSPS) is 12.2. The first-order valence-corrected chi connectivity index (χ1v) is 6.59. The van der Waals surface area contributed by atoms with Gasteiger partial charge in [-0.15, -0.1) is 0 Å². The quantitative estimate of drug-likeness (QED) is 0.631. The molecule has 1 aromatic carbocycles. The van der Waals surface area contributed by atoms with Crippen LogP contribution < -0.4 is 10.5 Å². The van der Waals surface area contributed by atoms with E-state index >= 15 is 0 Å². The van der Waals surface area contributed by atoms with Gasteiger partial charge < -0.3 is 10.5 Å². The average Bonchev–Trinajstić information content (AvgIpc) is 2.34. The van der Waals surface area contributed by atoms with E-state index in [0.717, 1.165) is 19.2 Å². The standard InChI is InChI=1S/C10H11F3N2O4S/c1-19-9(16)5-15-20(17,18)8-3-2-6(14)4-7(8)10(11,12)13/h2-4,15H,5,14H2,1H3. The molecule has 1 aromatic rings. The number of carbonyl (C=O) groups is 1. The van der Waals surface area contributed by atoms with Gasteiger partial charge in [0.15, 0.2) is 0 Å². The molecule has 3 N–H and O–H groups in total. The first-order valence-electron chi connectivity index (χ1n) is 5.11. The van der Waals surface area contributed by atoms with E-state index in [-0.39, 0.29) is 5.69 Å². The third kappa shape index (κ3) is 3.84. The van der Waals surface area contributed by atoms with Gasteiger partial charge in [0.1, 0.15) is 6.54 Å². The van der Waals surface area contributed by atoms with Crippen LogP contribution in [0.3, 0.4) is 0 Å². The number of methoxy groups -OCH3 is 1. The number of ether oxygens (including phenoxy) is 1. The van der Waals surface area contributed by atoms with Crippen LogP contribution in [-0.2, 0) is 25.7 Å². The summed E-state index contributed by atoms with van der Waals surface area (Å²) >= 11 is 0. The highest BCUT2D eigenvalue weighted by atomic mass is 32.2. The van der Waals surface area contributed by atoms with E-state index in [1.165, 1.54) is 0 Å². The minimum absolute atomic E-state index is 0.232. The first kappa shape index (κ1) is 16.2. The van der Waals surface area contributed by atoms with Crippen LogP contribution in [0.1, 0.15) is 5.56 Å². The molecular formula is C10H11F3N2O4S. The molecule has 0 aromatic heterocycles. The fourth-order valence-corrected chi connectivity index (χ4v) is 2.48. The number of sulfonamides is 1. The molecule has 0 unspecified atom stereocenters. The predicted molar refractivity (Wildman–Crippen MR) is 63.1 cm³/mol. The van der Waals surface area contributed by atoms with E-state index < -0.39 is 39.2 Å². The molecule has 0 saturated carbocycles. The molecule has 0 heterocycles. The highest BCUT2D eigenvalue weighted by Gasteiger charge is 2.37. The van der Waals surface area contributed by atoms with Crippen LogP contribution in [0.15, 0.2) is 23.1 Å². The molecular weight excluding hydrogens is 301 g/mol. The maximum Gasteiger partial charge on any atom is 0.417 e. The summed E-state index contributed by atoms with van der Waals surface area (Å²) in [4.78, 5) is 9.82. The Labute approximate surface area is 112 Å². The third-order valence-corrected chi connectivity index (χ3v) is 3.69. The number of hydrogen-bond acceptors (Lipinski definition) is 5. The Hall–Kier alpha value is -1.81. The van der Waals surface area contributed by atoms with Crippen molar-refractivity contribution in [2.45, 2.75) is 11.1 Å². The van der Waals surface area contributed by atoms with E-state index in [2.05, 4.69) is 4.74 Å². The van der Waals surface area contributed by atoms with Crippen LogP contribution in [0.4, 0.5) is 18.9 Å². The Balaban J connectivity index is 3.22. The van der Waals surface area contributed by atoms with Gasteiger partial charge >= 0.3 is 12.1 Å². The van der Waals surface area contributed by atoms with Crippen molar-refractivity contribution < 1.29 is 31.1 Å². The summed E-state index contributed by atoms with van der Waals surface area (Å²) in [5.41, 5.74) is 3.58. The minimum atomic E-state index is -4.90. The Bertz CT molecular complexity index is 613. The molecule has 1 rings (SSSR count). The number of halogens is 3. The van der Waals surface area contributed by atoms with Crippen LogP contribution in [0, 0.1) is 0 Å². The predicted octanol–water partition coefficient (Wildman–Crippen LogP) is 0.739. The van der Waals surface area contributed by atoms with Gasteiger partial charge in [0.2, 0.25) is 10.0 Å². The molecule has 112 valence electrons. The second kappa shape index (κ2) is 5.67. The Morgan fingerprint density at radius 3 is 2.50 bits per heavy atom. The van der Waals surface area contributed by atoms with E-state index in [1.54, 1.807) is 4.72 Å². The topological polar surface area (TPSA) is 98.5 Å². The molecule has 0 bridgehead atoms. The van der Waals surface area contributed by atoms with Gasteiger partial charge in [-0.3, -0.25) is 4.79 Å². The van der Waals surface area contributed by atoms with Crippen LogP contribution >= 0.6 is 0 Å². The summed E-state index contributed by atoms with van der Waals surface area (Å²) in [6.45, 7) is -0.777. The minimum Gasteiger partial charge on any atom is -0.468 e. The summed E-state index contributed by atoms with van der Waals surface area (Å²) in [7, 11) is -3.51. The molecule has 0 saturated heterocycles. The number of esters is 1. The van der Waals surface area contributed by atoms with Gasteiger partial charge in [-0.05, 0) is 18.2 Å². The van der Waals surface area contributed by atoms with E-state index in [9.17, 15) is 26.4 Å². The molecule has 0 fully saturated rings. The first-order chi connectivity index (χ1) is 9.08. The zero-order valence-electron chi connectivity index (χ0n) is 10.2. The molecule has 20 heavy (non-hydrogen) atoms. The van der Waals surface area contributed by atoms with Gasteiger partial charge in [-0.1, -0.05) is 0 Å². The fraction of sp³-hybridized carbons (Fsp3) is 0.300. The van der Waals surface area contributed by atoms with Gasteiger partial charge in [-0.2, -0.15) is 17.9 Å². The van der Waals surface area contributed by atoms with Crippen LogP contribution in [0.25, 0.3) is 0 Å². The zero-order chi connectivity index (χ0) is 15.6. The Kier molecular flexibility index (Phi) is 4.61. The van der Waals surface area contributed by atoms with Crippen molar-refractivity contribution in [1.82, 2.24) is 4.72 Å². The Morgan fingerprint density at radius 2 is 2.00 bits per heavy atom. The largest absolute Gasteiger partial charge is 0.468 e. The molecule has 0 aliphatic rings. The molecule has 0 aliphatic heterocycles. The molecule has 0 atom stereocenters. The van der Waals surface area contributed by atoms with Crippen molar-refractivity contribution in [1.29, 1.82) is 0 Å². The van der Waals surface area contributed by atoms with Crippen molar-refractivity contribution in [3.63, 3.8) is 0 Å². The maximum atomic E-state index is 12.8. The second-order valence-corrected chi connectivity index (χ2v) is 5.39. The zero-order valence-corrected chi connectivity index (χ0v) is 11.0. The fourth-order valence-electron chi connectivity index (χ4n) is 1.31. The summed E-state index contributed by atoms with van der Waals surface area (Å²) in [6.07, 6.45) is -4.90. The number of anilines is 1. The highest BCUT2D eigenvalue weighted by molar-refractivity contribution is 7.89. The van der Waals surface area contributed by atoms with E-state index in [4.69, 9.17) is 5.73 Å². The number of nitrogens with two attached hydrogens (primary N) is 1. The van der Waals surface area contributed by atoms with Crippen molar-refractivity contribution in [2.24, 2.45) is 0 Å². The van der Waals surface area contributed by atoms with Crippen molar-refractivity contribution in [2.75, 3.05) is 19.4 Å². The lowest BCUT2D eigenvalue weighted by atomic mass is 10.2. The molecule has 0 radical (unpaired) electrons. The number of benzene rings is 1. The molecule has 0 spiro atoms. The van der Waals surface area contributed by atoms with E-state index in [0.29, 0.717) is 6.07 Å². The third-order valence-electron chi connectivity index (χ3n) is 2.23. The Morgan fingerprint density at radius 1 is 1.40 bits per heavy atom. The molecule has 10 heteroatoms. The number of carbonyl (C=O) groups excluding carboxylic acids is 1. The van der Waals surface area contributed by atoms with Crippen molar-refractivity contribution in [3.8, 4) is 0 Å². The summed E-state index contributed by atoms with van der Waals surface area (Å²) in [6, 6.07) is 2.24. The number of hydrogen-bond donors (Lipinski definition) is 2. The van der Waals surface area contributed by atoms with Crippen LogP contribution in [-0.4, -0.2) is 28.0 Å². The monoisotopic (exact) mass is 312 g/mol. The van der Waals surface area contributed by atoms with Gasteiger partial charge in [0, 0.05) is 5.69 Å². The van der Waals surface area contributed by atoms with Gasteiger partial charge in [0.25, 0.3) is 0 Å². The molecule has 6 nitrogen and oxygen atoms in total. The molecule has 0 amide bonds. The maximum absolute atomic E-state index is 12.8.